The minimum atomic E-state index is -0.274. The molecule has 5 nitrogen and oxygen atoms in total. The summed E-state index contributed by atoms with van der Waals surface area (Å²) in [6.07, 6.45) is 5.17. The monoisotopic (exact) mass is 292 g/mol. The lowest BCUT2D eigenvalue weighted by molar-refractivity contribution is 0.0955. The second kappa shape index (κ2) is 5.81. The summed E-state index contributed by atoms with van der Waals surface area (Å²) in [6, 6.07) is 11.6. The van der Waals surface area contributed by atoms with E-state index in [1.54, 1.807) is 18.3 Å². The molecule has 1 amide bonds. The van der Waals surface area contributed by atoms with E-state index in [9.17, 15) is 4.79 Å². The molecule has 0 aliphatic heterocycles. The predicted octanol–water partition coefficient (Wildman–Crippen LogP) is 2.65. The maximum atomic E-state index is 11.9. The SMILES string of the molecule is Cc1ccc(C(=O)NN=Cc2cn(C)c3ccccc23)cn1. The molecule has 1 N–H and O–H groups in total. The number of rotatable bonds is 3. The number of benzene rings is 1. The molecule has 0 aliphatic carbocycles. The lowest BCUT2D eigenvalue weighted by Crippen LogP contribution is -2.17. The number of hydrazone groups is 1. The molecular formula is C17H16N4O. The van der Waals surface area contributed by atoms with Gasteiger partial charge in [0.05, 0.1) is 11.8 Å². The zero-order valence-electron chi connectivity index (χ0n) is 12.4. The zero-order valence-corrected chi connectivity index (χ0v) is 12.4. The van der Waals surface area contributed by atoms with Gasteiger partial charge in [-0.25, -0.2) is 5.43 Å². The van der Waals surface area contributed by atoms with Gasteiger partial charge >= 0.3 is 0 Å². The van der Waals surface area contributed by atoms with Gasteiger partial charge in [-0.15, -0.1) is 0 Å². The van der Waals surface area contributed by atoms with Gasteiger partial charge in [0.2, 0.25) is 0 Å². The van der Waals surface area contributed by atoms with Crippen molar-refractivity contribution in [2.24, 2.45) is 12.1 Å². The number of hydrogen-bond donors (Lipinski definition) is 1. The van der Waals surface area contributed by atoms with Crippen LogP contribution in [0.15, 0.2) is 53.9 Å². The van der Waals surface area contributed by atoms with Crippen LogP contribution < -0.4 is 5.43 Å². The standard InChI is InChI=1S/C17H16N4O/c1-12-7-8-13(9-18-12)17(22)20-19-10-14-11-21(2)16-6-4-3-5-15(14)16/h3-11H,1-2H3,(H,20,22). The first-order valence-corrected chi connectivity index (χ1v) is 6.95. The molecular weight excluding hydrogens is 276 g/mol. The summed E-state index contributed by atoms with van der Waals surface area (Å²) in [7, 11) is 1.98. The van der Waals surface area contributed by atoms with Crippen molar-refractivity contribution in [1.29, 1.82) is 0 Å². The highest BCUT2D eigenvalue weighted by molar-refractivity contribution is 6.00. The number of aromatic nitrogens is 2. The highest BCUT2D eigenvalue weighted by atomic mass is 16.2. The molecule has 0 radical (unpaired) electrons. The van der Waals surface area contributed by atoms with Gasteiger partial charge in [0.1, 0.15) is 0 Å². The van der Waals surface area contributed by atoms with E-state index in [1.165, 1.54) is 6.20 Å². The molecule has 3 rings (SSSR count). The molecule has 0 saturated carbocycles. The molecule has 5 heteroatoms. The van der Waals surface area contributed by atoms with Crippen molar-refractivity contribution >= 4 is 23.0 Å². The van der Waals surface area contributed by atoms with Crippen LogP contribution in [-0.4, -0.2) is 21.7 Å². The molecule has 0 saturated heterocycles. The predicted molar refractivity (Wildman–Crippen MR) is 87.0 cm³/mol. The number of fused-ring (bicyclic) bond motifs is 1. The zero-order chi connectivity index (χ0) is 15.5. The van der Waals surface area contributed by atoms with E-state index >= 15 is 0 Å². The first-order valence-electron chi connectivity index (χ1n) is 6.95. The molecule has 0 bridgehead atoms. The van der Waals surface area contributed by atoms with Crippen molar-refractivity contribution in [2.45, 2.75) is 6.92 Å². The third-order valence-electron chi connectivity index (χ3n) is 3.47. The third-order valence-corrected chi connectivity index (χ3v) is 3.47. The summed E-state index contributed by atoms with van der Waals surface area (Å²) in [5.74, 6) is -0.274. The van der Waals surface area contributed by atoms with Crippen molar-refractivity contribution in [3.8, 4) is 0 Å². The Morgan fingerprint density at radius 1 is 1.27 bits per heavy atom. The van der Waals surface area contributed by atoms with Gasteiger partial charge < -0.3 is 4.57 Å². The Morgan fingerprint density at radius 3 is 2.86 bits per heavy atom. The van der Waals surface area contributed by atoms with E-state index in [1.807, 2.05) is 49.0 Å². The number of carbonyl (C=O) groups excluding carboxylic acids is 1. The Bertz CT molecular complexity index is 847. The van der Waals surface area contributed by atoms with Gasteiger partial charge in [0.15, 0.2) is 0 Å². The quantitative estimate of drug-likeness (QED) is 0.596. The first-order chi connectivity index (χ1) is 10.6. The second-order valence-electron chi connectivity index (χ2n) is 5.10. The average Bonchev–Trinajstić information content (AvgIpc) is 2.85. The fourth-order valence-electron chi connectivity index (χ4n) is 2.30. The van der Waals surface area contributed by atoms with E-state index in [4.69, 9.17) is 0 Å². The van der Waals surface area contributed by atoms with Gasteiger partial charge in [-0.05, 0) is 25.1 Å². The number of pyridine rings is 1. The van der Waals surface area contributed by atoms with Crippen LogP contribution in [0, 0.1) is 6.92 Å². The van der Waals surface area contributed by atoms with Crippen molar-refractivity contribution in [3.05, 3.63) is 65.6 Å². The minimum absolute atomic E-state index is 0.274. The summed E-state index contributed by atoms with van der Waals surface area (Å²) >= 11 is 0. The molecule has 22 heavy (non-hydrogen) atoms. The summed E-state index contributed by atoms with van der Waals surface area (Å²) in [5.41, 5.74) is 5.96. The van der Waals surface area contributed by atoms with Gasteiger partial charge in [0.25, 0.3) is 5.91 Å². The third kappa shape index (κ3) is 2.74. The van der Waals surface area contributed by atoms with E-state index in [0.717, 1.165) is 22.2 Å². The van der Waals surface area contributed by atoms with Crippen LogP contribution in [0.3, 0.4) is 0 Å². The smallest absolute Gasteiger partial charge is 0.272 e. The highest BCUT2D eigenvalue weighted by Gasteiger charge is 2.05. The molecule has 0 unspecified atom stereocenters. The highest BCUT2D eigenvalue weighted by Crippen LogP contribution is 2.18. The Kier molecular flexibility index (Phi) is 3.70. The lowest BCUT2D eigenvalue weighted by Gasteiger charge is -1.99. The van der Waals surface area contributed by atoms with Crippen LogP contribution in [0.1, 0.15) is 21.6 Å². The fourth-order valence-corrected chi connectivity index (χ4v) is 2.30. The van der Waals surface area contributed by atoms with Crippen LogP contribution in [0.4, 0.5) is 0 Å². The average molecular weight is 292 g/mol. The molecule has 0 aliphatic rings. The number of para-hydroxylation sites is 1. The van der Waals surface area contributed by atoms with Crippen LogP contribution in [0.2, 0.25) is 0 Å². The molecule has 1 aromatic carbocycles. The van der Waals surface area contributed by atoms with Crippen molar-refractivity contribution in [1.82, 2.24) is 15.0 Å². The Balaban J connectivity index is 1.76. The van der Waals surface area contributed by atoms with E-state index < -0.39 is 0 Å². The molecule has 0 spiro atoms. The van der Waals surface area contributed by atoms with Gasteiger partial charge in [-0.1, -0.05) is 18.2 Å². The van der Waals surface area contributed by atoms with E-state index in [2.05, 4.69) is 15.5 Å². The molecule has 2 aromatic heterocycles. The van der Waals surface area contributed by atoms with E-state index in [-0.39, 0.29) is 5.91 Å². The van der Waals surface area contributed by atoms with Crippen LogP contribution in [0.5, 0.6) is 0 Å². The molecule has 0 atom stereocenters. The first kappa shape index (κ1) is 14.0. The number of hydrogen-bond acceptors (Lipinski definition) is 3. The number of nitrogens with one attached hydrogen (secondary N) is 1. The van der Waals surface area contributed by atoms with Gasteiger partial charge in [-0.2, -0.15) is 5.10 Å². The number of amides is 1. The number of carbonyl (C=O) groups is 1. The van der Waals surface area contributed by atoms with Crippen molar-refractivity contribution in [3.63, 3.8) is 0 Å². The van der Waals surface area contributed by atoms with Crippen LogP contribution in [0.25, 0.3) is 10.9 Å². The number of aryl methyl sites for hydroxylation is 2. The molecule has 0 fully saturated rings. The minimum Gasteiger partial charge on any atom is -0.350 e. The molecule has 2 heterocycles. The normalized spacial score (nSPS) is 11.2. The molecule has 3 aromatic rings. The summed E-state index contributed by atoms with van der Waals surface area (Å²) < 4.78 is 2.03. The Morgan fingerprint density at radius 2 is 2.09 bits per heavy atom. The van der Waals surface area contributed by atoms with E-state index in [0.29, 0.717) is 5.56 Å². The Hall–Kier alpha value is -2.95. The Labute approximate surface area is 128 Å². The largest absolute Gasteiger partial charge is 0.350 e. The van der Waals surface area contributed by atoms with Gasteiger partial charge in [0, 0.05) is 41.6 Å². The number of nitrogens with zero attached hydrogens (tertiary/aromatic N) is 3. The van der Waals surface area contributed by atoms with Crippen LogP contribution >= 0.6 is 0 Å². The maximum absolute atomic E-state index is 11.9. The summed E-state index contributed by atoms with van der Waals surface area (Å²) in [6.45, 7) is 1.88. The second-order valence-corrected chi connectivity index (χ2v) is 5.10. The molecule has 110 valence electrons. The lowest BCUT2D eigenvalue weighted by atomic mass is 10.2. The summed E-state index contributed by atoms with van der Waals surface area (Å²) in [5, 5.41) is 5.14. The summed E-state index contributed by atoms with van der Waals surface area (Å²) in [4.78, 5) is 16.0. The van der Waals surface area contributed by atoms with Gasteiger partial charge in [-0.3, -0.25) is 9.78 Å². The van der Waals surface area contributed by atoms with Crippen molar-refractivity contribution in [2.75, 3.05) is 0 Å². The maximum Gasteiger partial charge on any atom is 0.272 e. The van der Waals surface area contributed by atoms with Crippen LogP contribution in [-0.2, 0) is 7.05 Å². The topological polar surface area (TPSA) is 59.3 Å². The van der Waals surface area contributed by atoms with Crippen molar-refractivity contribution < 1.29 is 4.79 Å². The fraction of sp³-hybridized carbons (Fsp3) is 0.118.